The van der Waals surface area contributed by atoms with Crippen LogP contribution in [0.1, 0.15) is 24.5 Å². The van der Waals surface area contributed by atoms with Crippen LogP contribution in [-0.2, 0) is 17.1 Å². The molecule has 0 saturated carbocycles. The number of nitrogens with one attached hydrogen (secondary N) is 1. The number of rotatable bonds is 7. The van der Waals surface area contributed by atoms with Gasteiger partial charge in [0.25, 0.3) is 5.92 Å². The van der Waals surface area contributed by atoms with Gasteiger partial charge >= 0.3 is 0 Å². The van der Waals surface area contributed by atoms with E-state index in [-0.39, 0.29) is 24.3 Å². The number of nitrogens with zero attached hydrogens (tertiary/aromatic N) is 4. The number of amides is 1. The number of hydrogen-bond acceptors (Lipinski definition) is 5. The van der Waals surface area contributed by atoms with Crippen molar-refractivity contribution in [1.29, 1.82) is 0 Å². The van der Waals surface area contributed by atoms with E-state index in [1.54, 1.807) is 49.1 Å². The van der Waals surface area contributed by atoms with Gasteiger partial charge in [0, 0.05) is 53.6 Å². The zero-order valence-electron chi connectivity index (χ0n) is 17.9. The maximum atomic E-state index is 13.7. The van der Waals surface area contributed by atoms with Gasteiger partial charge in [-0.2, -0.15) is 0 Å². The van der Waals surface area contributed by atoms with Crippen LogP contribution in [0.4, 0.5) is 14.5 Å². The Hall–Kier alpha value is -4.07. The minimum absolute atomic E-state index is 0.0461. The number of benzene rings is 2. The van der Waals surface area contributed by atoms with Gasteiger partial charge in [0.2, 0.25) is 5.91 Å². The summed E-state index contributed by atoms with van der Waals surface area (Å²) in [5.74, 6) is -3.10. The Morgan fingerprint density at radius 1 is 0.879 bits per heavy atom. The van der Waals surface area contributed by atoms with Gasteiger partial charge in [0.05, 0.1) is 17.8 Å². The molecular weight excluding hydrogens is 424 g/mol. The molecule has 0 radical (unpaired) electrons. The van der Waals surface area contributed by atoms with Crippen molar-refractivity contribution in [3.8, 4) is 22.5 Å². The molecule has 1 N–H and O–H groups in total. The van der Waals surface area contributed by atoms with Crippen LogP contribution in [0.5, 0.6) is 0 Å². The number of hydrogen-bond donors (Lipinski definition) is 1. The molecule has 0 atom stereocenters. The van der Waals surface area contributed by atoms with Crippen LogP contribution in [0.3, 0.4) is 0 Å². The van der Waals surface area contributed by atoms with E-state index in [4.69, 9.17) is 0 Å². The summed E-state index contributed by atoms with van der Waals surface area (Å²) in [5.41, 5.74) is 4.14. The Kier molecular flexibility index (Phi) is 6.44. The van der Waals surface area contributed by atoms with Crippen molar-refractivity contribution in [2.75, 3.05) is 5.32 Å². The Labute approximate surface area is 189 Å². The van der Waals surface area contributed by atoms with Gasteiger partial charge < -0.3 is 5.32 Å². The van der Waals surface area contributed by atoms with E-state index in [2.05, 4.69) is 25.3 Å². The second-order valence-corrected chi connectivity index (χ2v) is 7.44. The van der Waals surface area contributed by atoms with Crippen molar-refractivity contribution >= 4 is 11.6 Å². The summed E-state index contributed by atoms with van der Waals surface area (Å²) < 4.78 is 27.5. The lowest BCUT2D eigenvalue weighted by Gasteiger charge is -2.14. The van der Waals surface area contributed by atoms with Crippen LogP contribution >= 0.6 is 0 Å². The van der Waals surface area contributed by atoms with Gasteiger partial charge in [-0.15, -0.1) is 0 Å². The van der Waals surface area contributed by atoms with E-state index in [0.29, 0.717) is 22.6 Å². The van der Waals surface area contributed by atoms with Crippen LogP contribution in [0.2, 0.25) is 0 Å². The summed E-state index contributed by atoms with van der Waals surface area (Å²) >= 11 is 0. The minimum Gasteiger partial charge on any atom is -0.326 e. The highest BCUT2D eigenvalue weighted by atomic mass is 19.3. The molecule has 0 aliphatic rings. The van der Waals surface area contributed by atoms with E-state index in [0.717, 1.165) is 11.1 Å². The smallest absolute Gasteiger partial charge is 0.273 e. The normalized spacial score (nSPS) is 11.2. The molecule has 0 aliphatic carbocycles. The van der Waals surface area contributed by atoms with E-state index in [9.17, 15) is 13.6 Å². The summed E-state index contributed by atoms with van der Waals surface area (Å²) in [5, 5.41) is 2.83. The average molecular weight is 445 g/mol. The summed E-state index contributed by atoms with van der Waals surface area (Å²) in [6.45, 7) is 1.44. The largest absolute Gasteiger partial charge is 0.326 e. The molecule has 0 unspecified atom stereocenters. The number of alkyl halides is 2. The molecule has 166 valence electrons. The van der Waals surface area contributed by atoms with E-state index < -0.39 is 5.92 Å². The van der Waals surface area contributed by atoms with Crippen molar-refractivity contribution in [2.24, 2.45) is 0 Å². The highest BCUT2D eigenvalue weighted by Gasteiger charge is 2.28. The molecule has 4 aromatic rings. The molecule has 2 aromatic heterocycles. The van der Waals surface area contributed by atoms with Gasteiger partial charge in [0.15, 0.2) is 0 Å². The summed E-state index contributed by atoms with van der Waals surface area (Å²) in [6.07, 6.45) is 7.83. The van der Waals surface area contributed by atoms with Crippen LogP contribution in [-0.4, -0.2) is 25.8 Å². The second-order valence-electron chi connectivity index (χ2n) is 7.44. The van der Waals surface area contributed by atoms with E-state index in [1.807, 2.05) is 12.1 Å². The average Bonchev–Trinajstić information content (AvgIpc) is 2.85. The standard InChI is InChI=1S/C25H21F2N5O/c1-2-25(26,27)20-7-3-17(4-8-20)13-22(33)32-21-9-5-18(6-10-21)23-24(31-12-11-30-23)19-14-28-16-29-15-19/h3-12,14-16H,2,13H2,1H3,(H,32,33). The predicted octanol–water partition coefficient (Wildman–Crippen LogP) is 5.28. The Bertz CT molecular complexity index is 1230. The predicted molar refractivity (Wildman–Crippen MR) is 121 cm³/mol. The van der Waals surface area contributed by atoms with E-state index >= 15 is 0 Å². The zero-order valence-corrected chi connectivity index (χ0v) is 17.9. The van der Waals surface area contributed by atoms with Crippen LogP contribution in [0.15, 0.2) is 79.6 Å². The third-order valence-corrected chi connectivity index (χ3v) is 5.16. The third-order valence-electron chi connectivity index (χ3n) is 5.16. The monoisotopic (exact) mass is 445 g/mol. The first-order chi connectivity index (χ1) is 16.0. The van der Waals surface area contributed by atoms with Crippen molar-refractivity contribution < 1.29 is 13.6 Å². The molecule has 4 rings (SSSR count). The molecule has 2 aromatic carbocycles. The fraction of sp³-hybridized carbons (Fsp3) is 0.160. The van der Waals surface area contributed by atoms with Crippen molar-refractivity contribution in [1.82, 2.24) is 19.9 Å². The van der Waals surface area contributed by atoms with E-state index in [1.165, 1.54) is 25.4 Å². The Morgan fingerprint density at radius 2 is 1.48 bits per heavy atom. The molecule has 0 saturated heterocycles. The van der Waals surface area contributed by atoms with Crippen LogP contribution < -0.4 is 5.32 Å². The minimum atomic E-state index is -2.86. The number of carbonyl (C=O) groups is 1. The lowest BCUT2D eigenvalue weighted by molar-refractivity contribution is -0.115. The first-order valence-corrected chi connectivity index (χ1v) is 10.4. The lowest BCUT2D eigenvalue weighted by Crippen LogP contribution is -2.15. The van der Waals surface area contributed by atoms with Crippen molar-refractivity contribution in [2.45, 2.75) is 25.7 Å². The molecule has 8 heteroatoms. The van der Waals surface area contributed by atoms with Gasteiger partial charge in [-0.05, 0) is 17.7 Å². The molecule has 0 spiro atoms. The SMILES string of the molecule is CCC(F)(F)c1ccc(CC(=O)Nc2ccc(-c3nccnc3-c3cncnc3)cc2)cc1. The number of aromatic nitrogens is 4. The molecule has 33 heavy (non-hydrogen) atoms. The first kappa shape index (κ1) is 22.1. The maximum Gasteiger partial charge on any atom is 0.273 e. The van der Waals surface area contributed by atoms with Gasteiger partial charge in [-0.1, -0.05) is 43.3 Å². The van der Waals surface area contributed by atoms with Crippen molar-refractivity contribution in [3.63, 3.8) is 0 Å². The van der Waals surface area contributed by atoms with Crippen LogP contribution in [0, 0.1) is 0 Å². The fourth-order valence-electron chi connectivity index (χ4n) is 3.35. The maximum absolute atomic E-state index is 13.7. The number of carbonyl (C=O) groups excluding carboxylic acids is 1. The fourth-order valence-corrected chi connectivity index (χ4v) is 3.35. The lowest BCUT2D eigenvalue weighted by atomic mass is 10.0. The summed E-state index contributed by atoms with van der Waals surface area (Å²) in [4.78, 5) is 29.3. The summed E-state index contributed by atoms with van der Waals surface area (Å²) in [6, 6.07) is 13.1. The Balaban J connectivity index is 1.44. The van der Waals surface area contributed by atoms with Gasteiger partial charge in [-0.25, -0.2) is 18.7 Å². The molecule has 2 heterocycles. The van der Waals surface area contributed by atoms with Gasteiger partial charge in [-0.3, -0.25) is 14.8 Å². The topological polar surface area (TPSA) is 80.7 Å². The van der Waals surface area contributed by atoms with Gasteiger partial charge in [0.1, 0.15) is 6.33 Å². The molecule has 6 nitrogen and oxygen atoms in total. The second kappa shape index (κ2) is 9.60. The molecule has 0 fully saturated rings. The quantitative estimate of drug-likeness (QED) is 0.418. The Morgan fingerprint density at radius 3 is 2.09 bits per heavy atom. The molecular formula is C25H21F2N5O. The number of anilines is 1. The number of halogens is 2. The summed E-state index contributed by atoms with van der Waals surface area (Å²) in [7, 11) is 0. The third kappa shape index (κ3) is 5.23. The molecule has 1 amide bonds. The zero-order chi connectivity index (χ0) is 23.3. The molecule has 0 aliphatic heterocycles. The molecule has 0 bridgehead atoms. The van der Waals surface area contributed by atoms with Crippen molar-refractivity contribution in [3.05, 3.63) is 90.8 Å². The first-order valence-electron chi connectivity index (χ1n) is 10.4. The highest BCUT2D eigenvalue weighted by Crippen LogP contribution is 2.31. The van der Waals surface area contributed by atoms with Crippen LogP contribution in [0.25, 0.3) is 22.5 Å². The highest BCUT2D eigenvalue weighted by molar-refractivity contribution is 5.92.